The summed E-state index contributed by atoms with van der Waals surface area (Å²) >= 11 is 0. The number of piperazine rings is 1. The third-order valence-corrected chi connectivity index (χ3v) is 6.08. The topological polar surface area (TPSA) is 70.2 Å². The summed E-state index contributed by atoms with van der Waals surface area (Å²) in [6.45, 7) is 6.10. The van der Waals surface area contributed by atoms with Crippen molar-refractivity contribution in [2.24, 2.45) is 0 Å². The van der Waals surface area contributed by atoms with Gasteiger partial charge in [-0.15, -0.1) is 0 Å². The Balaban J connectivity index is 1.32. The molecule has 33 heavy (non-hydrogen) atoms. The number of esters is 1. The predicted molar refractivity (Wildman–Crippen MR) is 127 cm³/mol. The quantitative estimate of drug-likeness (QED) is 0.480. The van der Waals surface area contributed by atoms with E-state index < -0.39 is 12.0 Å². The Bertz CT molecular complexity index is 1010. The summed E-state index contributed by atoms with van der Waals surface area (Å²) in [5.41, 5.74) is 2.07. The van der Waals surface area contributed by atoms with E-state index in [4.69, 9.17) is 4.74 Å². The van der Waals surface area contributed by atoms with Gasteiger partial charge in [-0.1, -0.05) is 42.5 Å². The molecule has 2 heterocycles. The van der Waals surface area contributed by atoms with Crippen molar-refractivity contribution in [3.8, 4) is 0 Å². The van der Waals surface area contributed by atoms with Crippen LogP contribution in [-0.4, -0.2) is 73.0 Å². The zero-order chi connectivity index (χ0) is 23.2. The van der Waals surface area contributed by atoms with Gasteiger partial charge in [0.15, 0.2) is 0 Å². The summed E-state index contributed by atoms with van der Waals surface area (Å²) in [6.07, 6.45) is 4.47. The summed E-state index contributed by atoms with van der Waals surface area (Å²) in [7, 11) is 0. The van der Waals surface area contributed by atoms with Crippen molar-refractivity contribution in [3.05, 3.63) is 71.8 Å². The van der Waals surface area contributed by atoms with Crippen molar-refractivity contribution in [3.63, 3.8) is 0 Å². The fraction of sp³-hybridized carbons (Fsp3) is 0.346. The molecular weight excluding hydrogens is 418 g/mol. The predicted octanol–water partition coefficient (Wildman–Crippen LogP) is 2.83. The molecule has 0 aliphatic carbocycles. The zero-order valence-electron chi connectivity index (χ0n) is 18.9. The molecule has 2 saturated heterocycles. The second kappa shape index (κ2) is 10.6. The molecule has 2 aromatic rings. The summed E-state index contributed by atoms with van der Waals surface area (Å²) < 4.78 is 4.99. The Labute approximate surface area is 194 Å². The molecule has 2 amide bonds. The highest BCUT2D eigenvalue weighted by Gasteiger charge is 2.43. The van der Waals surface area contributed by atoms with Crippen molar-refractivity contribution >= 4 is 29.5 Å². The maximum atomic E-state index is 13.1. The highest BCUT2D eigenvalue weighted by atomic mass is 16.5. The van der Waals surface area contributed by atoms with Crippen molar-refractivity contribution in [1.29, 1.82) is 0 Å². The minimum Gasteiger partial charge on any atom is -0.462 e. The van der Waals surface area contributed by atoms with Crippen LogP contribution < -0.4 is 4.90 Å². The standard InChI is InChI=1S/C26H29N3O4/c1-2-33-26(32)21-10-12-22(13-11-21)29-24(30)19-23(25(29)31)28-17-15-27(16-18-28)14-6-9-20-7-4-3-5-8-20/h3-13,23H,2,14-19H2,1H3/b9-6-/t23-/m1/s1. The molecule has 0 spiro atoms. The molecule has 7 nitrogen and oxygen atoms in total. The molecule has 0 N–H and O–H groups in total. The van der Waals surface area contributed by atoms with Gasteiger partial charge >= 0.3 is 5.97 Å². The van der Waals surface area contributed by atoms with Crippen LogP contribution in [0.25, 0.3) is 6.08 Å². The molecule has 0 saturated carbocycles. The molecule has 0 bridgehead atoms. The number of anilines is 1. The molecule has 0 aromatic heterocycles. The van der Waals surface area contributed by atoms with Crippen LogP contribution >= 0.6 is 0 Å². The molecule has 2 aliphatic heterocycles. The fourth-order valence-corrected chi connectivity index (χ4v) is 4.29. The summed E-state index contributed by atoms with van der Waals surface area (Å²) in [5, 5.41) is 0. The van der Waals surface area contributed by atoms with E-state index in [-0.39, 0.29) is 18.2 Å². The Hall–Kier alpha value is -3.29. The molecule has 172 valence electrons. The van der Waals surface area contributed by atoms with Gasteiger partial charge in [0.05, 0.1) is 30.3 Å². The van der Waals surface area contributed by atoms with E-state index in [2.05, 4.69) is 34.1 Å². The number of nitrogens with zero attached hydrogens (tertiary/aromatic N) is 3. The van der Waals surface area contributed by atoms with E-state index in [1.54, 1.807) is 31.2 Å². The maximum absolute atomic E-state index is 13.1. The normalized spacial score (nSPS) is 20.0. The highest BCUT2D eigenvalue weighted by Crippen LogP contribution is 2.27. The number of hydrogen-bond donors (Lipinski definition) is 0. The molecule has 7 heteroatoms. The van der Waals surface area contributed by atoms with Crippen molar-refractivity contribution in [2.45, 2.75) is 19.4 Å². The molecule has 0 unspecified atom stereocenters. The number of amides is 2. The first-order chi connectivity index (χ1) is 16.1. The van der Waals surface area contributed by atoms with Gasteiger partial charge in [0.2, 0.25) is 5.91 Å². The lowest BCUT2D eigenvalue weighted by Crippen LogP contribution is -2.52. The SMILES string of the molecule is CCOC(=O)c1ccc(N2C(=O)C[C@@H](N3CCN(C/C=C\c4ccccc4)CC3)C2=O)cc1. The van der Waals surface area contributed by atoms with Gasteiger partial charge in [0, 0.05) is 32.7 Å². The molecular formula is C26H29N3O4. The van der Waals surface area contributed by atoms with E-state index in [0.717, 1.165) is 32.7 Å². The van der Waals surface area contributed by atoms with Crippen LogP contribution in [0.2, 0.25) is 0 Å². The van der Waals surface area contributed by atoms with Crippen LogP contribution in [0.5, 0.6) is 0 Å². The van der Waals surface area contributed by atoms with Gasteiger partial charge in [-0.3, -0.25) is 19.4 Å². The second-order valence-corrected chi connectivity index (χ2v) is 8.20. The van der Waals surface area contributed by atoms with Gasteiger partial charge in [-0.05, 0) is 36.8 Å². The van der Waals surface area contributed by atoms with Gasteiger partial charge in [-0.2, -0.15) is 0 Å². The minimum absolute atomic E-state index is 0.187. The molecule has 2 aromatic carbocycles. The minimum atomic E-state index is -0.427. The lowest BCUT2D eigenvalue weighted by Gasteiger charge is -2.36. The van der Waals surface area contributed by atoms with Gasteiger partial charge in [-0.25, -0.2) is 9.69 Å². The van der Waals surface area contributed by atoms with Crippen molar-refractivity contribution in [2.75, 3.05) is 44.2 Å². The van der Waals surface area contributed by atoms with E-state index in [0.29, 0.717) is 17.9 Å². The summed E-state index contributed by atoms with van der Waals surface area (Å²) in [4.78, 5) is 43.3. The number of rotatable bonds is 7. The van der Waals surface area contributed by atoms with Gasteiger partial charge < -0.3 is 4.74 Å². The zero-order valence-corrected chi connectivity index (χ0v) is 18.9. The smallest absolute Gasteiger partial charge is 0.338 e. The lowest BCUT2D eigenvalue weighted by molar-refractivity contribution is -0.123. The van der Waals surface area contributed by atoms with Crippen LogP contribution in [0.3, 0.4) is 0 Å². The Morgan fingerprint density at radius 1 is 1.00 bits per heavy atom. The Kier molecular flexibility index (Phi) is 7.32. The van der Waals surface area contributed by atoms with Crippen LogP contribution in [0.4, 0.5) is 5.69 Å². The molecule has 0 radical (unpaired) electrons. The van der Waals surface area contributed by atoms with Crippen molar-refractivity contribution < 1.29 is 19.1 Å². The Morgan fingerprint density at radius 2 is 1.70 bits per heavy atom. The molecule has 4 rings (SSSR count). The third-order valence-electron chi connectivity index (χ3n) is 6.08. The summed E-state index contributed by atoms with van der Waals surface area (Å²) in [5.74, 6) is -0.819. The van der Waals surface area contributed by atoms with Gasteiger partial charge in [0.1, 0.15) is 0 Å². The third kappa shape index (κ3) is 5.38. The van der Waals surface area contributed by atoms with E-state index >= 15 is 0 Å². The number of imide groups is 1. The number of carbonyl (C=O) groups is 3. The molecule has 2 aliphatic rings. The molecule has 2 fully saturated rings. The monoisotopic (exact) mass is 447 g/mol. The first kappa shape index (κ1) is 22.9. The number of carbonyl (C=O) groups excluding carboxylic acids is 3. The van der Waals surface area contributed by atoms with E-state index in [9.17, 15) is 14.4 Å². The van der Waals surface area contributed by atoms with E-state index in [1.807, 2.05) is 18.2 Å². The number of hydrogen-bond acceptors (Lipinski definition) is 6. The summed E-state index contributed by atoms with van der Waals surface area (Å²) in [6, 6.07) is 16.2. The molecule has 1 atom stereocenters. The highest BCUT2D eigenvalue weighted by molar-refractivity contribution is 6.22. The number of benzene rings is 2. The first-order valence-electron chi connectivity index (χ1n) is 11.4. The fourth-order valence-electron chi connectivity index (χ4n) is 4.29. The van der Waals surface area contributed by atoms with E-state index in [1.165, 1.54) is 10.5 Å². The average Bonchev–Trinajstić information content (AvgIpc) is 3.14. The second-order valence-electron chi connectivity index (χ2n) is 8.20. The lowest BCUT2D eigenvalue weighted by atomic mass is 10.1. The van der Waals surface area contributed by atoms with Crippen molar-refractivity contribution in [1.82, 2.24) is 9.80 Å². The van der Waals surface area contributed by atoms with Crippen LogP contribution in [0, 0.1) is 0 Å². The van der Waals surface area contributed by atoms with Crippen LogP contribution in [-0.2, 0) is 14.3 Å². The largest absolute Gasteiger partial charge is 0.462 e. The maximum Gasteiger partial charge on any atom is 0.338 e. The van der Waals surface area contributed by atoms with Crippen LogP contribution in [0.15, 0.2) is 60.7 Å². The number of ether oxygens (including phenoxy) is 1. The average molecular weight is 448 g/mol. The van der Waals surface area contributed by atoms with Gasteiger partial charge in [0.25, 0.3) is 5.91 Å². The first-order valence-corrected chi connectivity index (χ1v) is 11.4. The Morgan fingerprint density at radius 3 is 2.36 bits per heavy atom. The van der Waals surface area contributed by atoms with Crippen LogP contribution in [0.1, 0.15) is 29.3 Å².